The second-order valence-electron chi connectivity index (χ2n) is 6.96. The number of rotatable bonds is 3. The topological polar surface area (TPSA) is 59.4 Å². The molecule has 0 saturated carbocycles. The first-order valence-corrected chi connectivity index (χ1v) is 8.81. The maximum absolute atomic E-state index is 13.0. The van der Waals surface area contributed by atoms with E-state index in [0.29, 0.717) is 23.4 Å². The Balaban J connectivity index is 1.61. The third-order valence-corrected chi connectivity index (χ3v) is 5.56. The number of carbonyl (C=O) groups is 1. The van der Waals surface area contributed by atoms with Gasteiger partial charge in [-0.25, -0.2) is 0 Å². The number of carbonyl (C=O) groups excluding carboxylic acids is 1. The van der Waals surface area contributed by atoms with Gasteiger partial charge in [0, 0.05) is 44.2 Å². The number of aryl methyl sites for hydroxylation is 1. The van der Waals surface area contributed by atoms with E-state index >= 15 is 0 Å². The van der Waals surface area contributed by atoms with E-state index < -0.39 is 0 Å². The molecule has 132 valence electrons. The fraction of sp³-hybridized carbons (Fsp3) is 0.474. The van der Waals surface area contributed by atoms with Crippen LogP contribution in [0.15, 0.2) is 36.7 Å². The summed E-state index contributed by atoms with van der Waals surface area (Å²) in [6.45, 7) is 2.68. The number of hydrogen-bond acceptors (Lipinski definition) is 4. The Labute approximate surface area is 147 Å². The molecule has 0 bridgehead atoms. The molecule has 1 aromatic heterocycles. The van der Waals surface area contributed by atoms with E-state index in [1.54, 1.807) is 24.2 Å². The van der Waals surface area contributed by atoms with Crippen molar-refractivity contribution in [3.63, 3.8) is 0 Å². The molecule has 2 aliphatic heterocycles. The number of nitrogens with zero attached hydrogens (tertiary/aromatic N) is 3. The fourth-order valence-electron chi connectivity index (χ4n) is 4.28. The molecule has 1 aromatic carbocycles. The Morgan fingerprint density at radius 3 is 2.80 bits per heavy atom. The number of hydrogen-bond donors (Lipinski definition) is 1. The Morgan fingerprint density at radius 2 is 2.12 bits per heavy atom. The van der Waals surface area contributed by atoms with Crippen molar-refractivity contribution in [2.75, 3.05) is 26.7 Å². The predicted octanol–water partition coefficient (Wildman–Crippen LogP) is 1.65. The average molecular weight is 340 g/mol. The van der Waals surface area contributed by atoms with Crippen LogP contribution in [0.5, 0.6) is 5.75 Å². The molecular formula is C19H24N4O2. The highest BCUT2D eigenvalue weighted by Crippen LogP contribution is 2.40. The van der Waals surface area contributed by atoms with Crippen molar-refractivity contribution in [3.05, 3.63) is 47.8 Å². The Hall–Kier alpha value is -2.34. The maximum atomic E-state index is 13.0. The molecule has 3 atom stereocenters. The molecule has 6 nitrogen and oxygen atoms in total. The van der Waals surface area contributed by atoms with Crippen LogP contribution in [0.4, 0.5) is 0 Å². The van der Waals surface area contributed by atoms with Gasteiger partial charge in [0.15, 0.2) is 0 Å². The maximum Gasteiger partial charge on any atom is 0.257 e. The third kappa shape index (κ3) is 2.91. The molecular weight excluding hydrogens is 316 g/mol. The molecule has 4 rings (SSSR count). The smallest absolute Gasteiger partial charge is 0.257 e. The van der Waals surface area contributed by atoms with Crippen molar-refractivity contribution in [1.82, 2.24) is 20.0 Å². The number of ether oxygens (including phenoxy) is 1. The summed E-state index contributed by atoms with van der Waals surface area (Å²) in [6.07, 6.45) is 4.47. The lowest BCUT2D eigenvalue weighted by Crippen LogP contribution is -2.46. The first-order chi connectivity index (χ1) is 12.2. The van der Waals surface area contributed by atoms with Crippen LogP contribution >= 0.6 is 0 Å². The zero-order valence-corrected chi connectivity index (χ0v) is 14.7. The van der Waals surface area contributed by atoms with E-state index in [2.05, 4.69) is 27.4 Å². The molecule has 2 aliphatic rings. The minimum Gasteiger partial charge on any atom is -0.497 e. The van der Waals surface area contributed by atoms with E-state index in [1.165, 1.54) is 5.56 Å². The van der Waals surface area contributed by atoms with Crippen LogP contribution in [-0.4, -0.2) is 53.4 Å². The van der Waals surface area contributed by atoms with E-state index in [0.717, 1.165) is 31.8 Å². The predicted molar refractivity (Wildman–Crippen MR) is 94.7 cm³/mol. The van der Waals surface area contributed by atoms with Crippen LogP contribution in [0, 0.1) is 5.92 Å². The normalized spacial score (nSPS) is 25.7. The number of benzene rings is 1. The zero-order valence-electron chi connectivity index (χ0n) is 14.7. The number of nitrogens with one attached hydrogen (secondary N) is 1. The lowest BCUT2D eigenvalue weighted by atomic mass is 9.82. The van der Waals surface area contributed by atoms with Gasteiger partial charge in [-0.1, -0.05) is 12.1 Å². The molecule has 0 radical (unpaired) electrons. The number of likely N-dealkylation sites (tertiary alicyclic amines) is 1. The second kappa shape index (κ2) is 6.52. The van der Waals surface area contributed by atoms with Crippen LogP contribution < -0.4 is 10.1 Å². The van der Waals surface area contributed by atoms with Gasteiger partial charge in [0.25, 0.3) is 5.91 Å². The van der Waals surface area contributed by atoms with Crippen LogP contribution in [0.1, 0.15) is 28.3 Å². The molecule has 25 heavy (non-hydrogen) atoms. The van der Waals surface area contributed by atoms with Crippen LogP contribution in [0.25, 0.3) is 0 Å². The number of methoxy groups -OCH3 is 1. The highest BCUT2D eigenvalue weighted by Gasteiger charge is 2.45. The summed E-state index contributed by atoms with van der Waals surface area (Å²) in [5.74, 6) is 1.76. The first-order valence-electron chi connectivity index (χ1n) is 8.81. The Bertz CT molecular complexity index is 755. The van der Waals surface area contributed by atoms with Gasteiger partial charge in [0.2, 0.25) is 0 Å². The van der Waals surface area contributed by atoms with Crippen LogP contribution in [0.3, 0.4) is 0 Å². The molecule has 6 heteroatoms. The second-order valence-corrected chi connectivity index (χ2v) is 6.96. The lowest BCUT2D eigenvalue weighted by Gasteiger charge is -2.32. The summed E-state index contributed by atoms with van der Waals surface area (Å²) < 4.78 is 6.96. The van der Waals surface area contributed by atoms with Gasteiger partial charge in [-0.15, -0.1) is 0 Å². The van der Waals surface area contributed by atoms with Crippen molar-refractivity contribution in [2.24, 2.45) is 13.0 Å². The Morgan fingerprint density at radius 1 is 1.32 bits per heavy atom. The van der Waals surface area contributed by atoms with E-state index in [1.807, 2.05) is 19.2 Å². The first kappa shape index (κ1) is 16.1. The highest BCUT2D eigenvalue weighted by molar-refractivity contribution is 5.94. The average Bonchev–Trinajstić information content (AvgIpc) is 3.25. The summed E-state index contributed by atoms with van der Waals surface area (Å²) >= 11 is 0. The lowest BCUT2D eigenvalue weighted by molar-refractivity contribution is 0.0697. The van der Waals surface area contributed by atoms with Gasteiger partial charge in [-0.2, -0.15) is 5.10 Å². The van der Waals surface area contributed by atoms with E-state index in [9.17, 15) is 4.79 Å². The quantitative estimate of drug-likeness (QED) is 0.923. The van der Waals surface area contributed by atoms with Crippen molar-refractivity contribution in [1.29, 1.82) is 0 Å². The summed E-state index contributed by atoms with van der Waals surface area (Å²) in [4.78, 5) is 15.1. The molecule has 3 heterocycles. The van der Waals surface area contributed by atoms with Gasteiger partial charge < -0.3 is 15.0 Å². The van der Waals surface area contributed by atoms with Crippen molar-refractivity contribution in [3.8, 4) is 5.75 Å². The SMILES string of the molecule is COc1ccc([C@H]2CN(C(=O)c3cnn(C)c3)[C@@H]3CCNC[C@H]23)cc1. The minimum atomic E-state index is 0.0982. The largest absolute Gasteiger partial charge is 0.497 e. The van der Waals surface area contributed by atoms with Crippen LogP contribution in [0.2, 0.25) is 0 Å². The molecule has 0 unspecified atom stereocenters. The molecule has 1 N–H and O–H groups in total. The molecule has 0 aliphatic carbocycles. The van der Waals surface area contributed by atoms with E-state index in [-0.39, 0.29) is 5.91 Å². The van der Waals surface area contributed by atoms with Crippen LogP contribution in [-0.2, 0) is 7.05 Å². The number of aromatic nitrogens is 2. The molecule has 1 amide bonds. The van der Waals surface area contributed by atoms with Crippen molar-refractivity contribution < 1.29 is 9.53 Å². The van der Waals surface area contributed by atoms with Gasteiger partial charge in [0.05, 0.1) is 18.9 Å². The summed E-state index contributed by atoms with van der Waals surface area (Å²) in [5, 5.41) is 7.66. The summed E-state index contributed by atoms with van der Waals surface area (Å²) in [7, 11) is 3.52. The number of fused-ring (bicyclic) bond motifs is 1. The third-order valence-electron chi connectivity index (χ3n) is 5.56. The van der Waals surface area contributed by atoms with Crippen molar-refractivity contribution >= 4 is 5.91 Å². The molecule has 2 aromatic rings. The standard InChI is InChI=1S/C19H24N4O2/c1-22-11-14(9-21-22)19(24)23-12-17(16-10-20-8-7-18(16)23)13-3-5-15(25-2)6-4-13/h3-6,9,11,16-18,20H,7-8,10,12H2,1-2H3/t16-,17-,18-/m1/s1. The number of amides is 1. The van der Waals surface area contributed by atoms with Gasteiger partial charge in [0.1, 0.15) is 5.75 Å². The molecule has 2 fully saturated rings. The number of piperidine rings is 1. The monoisotopic (exact) mass is 340 g/mol. The molecule has 2 saturated heterocycles. The van der Waals surface area contributed by atoms with E-state index in [4.69, 9.17) is 4.74 Å². The zero-order chi connectivity index (χ0) is 17.4. The summed E-state index contributed by atoms with van der Waals surface area (Å²) in [6, 6.07) is 8.57. The molecule has 0 spiro atoms. The minimum absolute atomic E-state index is 0.0982. The Kier molecular flexibility index (Phi) is 4.21. The summed E-state index contributed by atoms with van der Waals surface area (Å²) in [5.41, 5.74) is 1.95. The van der Waals surface area contributed by atoms with Crippen molar-refractivity contribution in [2.45, 2.75) is 18.4 Å². The van der Waals surface area contributed by atoms with Gasteiger partial charge in [-0.3, -0.25) is 9.48 Å². The highest BCUT2D eigenvalue weighted by atomic mass is 16.5. The van der Waals surface area contributed by atoms with Gasteiger partial charge in [-0.05, 0) is 30.7 Å². The van der Waals surface area contributed by atoms with Gasteiger partial charge >= 0.3 is 0 Å². The fourth-order valence-corrected chi connectivity index (χ4v) is 4.28.